The molecule has 0 aliphatic heterocycles. The van der Waals surface area contributed by atoms with Crippen molar-refractivity contribution in [2.75, 3.05) is 6.54 Å². The van der Waals surface area contributed by atoms with Crippen LogP contribution in [0.2, 0.25) is 0 Å². The standard InChI is InChI=1S/C10H15Br2NO2S2/c1-10(2,3)4-5-13-17(14,15)8-6-7(11)9(12)16-8/h6,13H,4-5H2,1-3H3. The van der Waals surface area contributed by atoms with Crippen LogP contribution in [0.3, 0.4) is 0 Å². The Morgan fingerprint density at radius 2 is 1.94 bits per heavy atom. The van der Waals surface area contributed by atoms with Crippen LogP contribution < -0.4 is 4.72 Å². The number of rotatable bonds is 4. The molecule has 17 heavy (non-hydrogen) atoms. The highest BCUT2D eigenvalue weighted by Crippen LogP contribution is 2.34. The van der Waals surface area contributed by atoms with Gasteiger partial charge in [-0.05, 0) is 49.8 Å². The maximum absolute atomic E-state index is 11.9. The third kappa shape index (κ3) is 4.98. The molecule has 0 spiro atoms. The normalized spacial score (nSPS) is 13.0. The predicted octanol–water partition coefficient (Wildman–Crippen LogP) is 3.99. The van der Waals surface area contributed by atoms with Gasteiger partial charge in [0.15, 0.2) is 0 Å². The van der Waals surface area contributed by atoms with Gasteiger partial charge in [-0.2, -0.15) is 0 Å². The minimum Gasteiger partial charge on any atom is -0.210 e. The Morgan fingerprint density at radius 3 is 2.35 bits per heavy atom. The van der Waals surface area contributed by atoms with E-state index >= 15 is 0 Å². The number of hydrogen-bond donors (Lipinski definition) is 1. The molecule has 0 fully saturated rings. The summed E-state index contributed by atoms with van der Waals surface area (Å²) in [5.41, 5.74) is 0.124. The van der Waals surface area contributed by atoms with Gasteiger partial charge in [0, 0.05) is 11.0 Å². The van der Waals surface area contributed by atoms with Crippen molar-refractivity contribution in [3.8, 4) is 0 Å². The first kappa shape index (κ1) is 15.6. The second-order valence-electron chi connectivity index (χ2n) is 4.90. The van der Waals surface area contributed by atoms with Crippen LogP contribution in [0.1, 0.15) is 27.2 Å². The number of hydrogen-bond acceptors (Lipinski definition) is 3. The maximum atomic E-state index is 11.9. The zero-order valence-corrected chi connectivity index (χ0v) is 14.7. The van der Waals surface area contributed by atoms with Gasteiger partial charge in [-0.3, -0.25) is 0 Å². The van der Waals surface area contributed by atoms with Crippen LogP contribution in [-0.2, 0) is 10.0 Å². The van der Waals surface area contributed by atoms with E-state index in [9.17, 15) is 8.42 Å². The smallest absolute Gasteiger partial charge is 0.210 e. The predicted molar refractivity (Wildman–Crippen MR) is 79.0 cm³/mol. The summed E-state index contributed by atoms with van der Waals surface area (Å²) in [7, 11) is -3.38. The molecule has 3 nitrogen and oxygen atoms in total. The van der Waals surface area contributed by atoms with Gasteiger partial charge in [-0.25, -0.2) is 13.1 Å². The van der Waals surface area contributed by atoms with Crippen molar-refractivity contribution in [1.82, 2.24) is 4.72 Å². The number of nitrogens with one attached hydrogen (secondary N) is 1. The summed E-state index contributed by atoms with van der Waals surface area (Å²) in [5.74, 6) is 0. The lowest BCUT2D eigenvalue weighted by atomic mass is 9.93. The summed E-state index contributed by atoms with van der Waals surface area (Å²) in [4.78, 5) is 0. The van der Waals surface area contributed by atoms with Crippen molar-refractivity contribution in [3.63, 3.8) is 0 Å². The van der Waals surface area contributed by atoms with Gasteiger partial charge in [-0.1, -0.05) is 20.8 Å². The summed E-state index contributed by atoms with van der Waals surface area (Å²) in [6, 6.07) is 1.61. The lowest BCUT2D eigenvalue weighted by Crippen LogP contribution is -2.26. The molecule has 0 aromatic carbocycles. The number of sulfonamides is 1. The Bertz CT molecular complexity index is 469. The molecular weight excluding hydrogens is 390 g/mol. The molecule has 0 saturated heterocycles. The molecule has 98 valence electrons. The van der Waals surface area contributed by atoms with Crippen molar-refractivity contribution in [1.29, 1.82) is 0 Å². The molecular formula is C10H15Br2NO2S2. The highest BCUT2D eigenvalue weighted by molar-refractivity contribution is 9.13. The summed E-state index contributed by atoms with van der Waals surface area (Å²) in [6.07, 6.45) is 0.806. The molecule has 0 bridgehead atoms. The summed E-state index contributed by atoms with van der Waals surface area (Å²) in [5, 5.41) is 0. The molecule has 7 heteroatoms. The Labute approximate surface area is 123 Å². The minimum absolute atomic E-state index is 0.124. The van der Waals surface area contributed by atoms with Gasteiger partial charge in [0.1, 0.15) is 4.21 Å². The van der Waals surface area contributed by atoms with Crippen molar-refractivity contribution in [3.05, 3.63) is 14.3 Å². The Kier molecular flexibility index (Phi) is 5.23. The lowest BCUT2D eigenvalue weighted by molar-refractivity contribution is 0.378. The zero-order chi connectivity index (χ0) is 13.3. The second kappa shape index (κ2) is 5.69. The van der Waals surface area contributed by atoms with Crippen LogP contribution in [0, 0.1) is 5.41 Å². The first-order chi connectivity index (χ1) is 7.62. The van der Waals surface area contributed by atoms with Gasteiger partial charge in [-0.15, -0.1) is 11.3 Å². The van der Waals surface area contributed by atoms with E-state index in [0.29, 0.717) is 10.8 Å². The molecule has 0 saturated carbocycles. The third-order valence-electron chi connectivity index (χ3n) is 2.05. The van der Waals surface area contributed by atoms with Crippen molar-refractivity contribution >= 4 is 53.2 Å². The van der Waals surface area contributed by atoms with Crippen molar-refractivity contribution in [2.24, 2.45) is 5.41 Å². The topological polar surface area (TPSA) is 46.2 Å². The summed E-state index contributed by atoms with van der Waals surface area (Å²) >= 11 is 7.77. The van der Waals surface area contributed by atoms with E-state index in [1.165, 1.54) is 11.3 Å². The molecule has 1 heterocycles. The first-order valence-corrected chi connectivity index (χ1v) is 8.95. The van der Waals surface area contributed by atoms with E-state index in [-0.39, 0.29) is 5.41 Å². The first-order valence-electron chi connectivity index (χ1n) is 5.06. The monoisotopic (exact) mass is 403 g/mol. The summed E-state index contributed by atoms with van der Waals surface area (Å²) in [6.45, 7) is 6.71. The van der Waals surface area contributed by atoms with Crippen LogP contribution in [0.15, 0.2) is 18.5 Å². The molecule has 0 unspecified atom stereocenters. The largest absolute Gasteiger partial charge is 0.250 e. The van der Waals surface area contributed by atoms with E-state index < -0.39 is 10.0 Å². The van der Waals surface area contributed by atoms with Gasteiger partial charge >= 0.3 is 0 Å². The third-order valence-corrected chi connectivity index (χ3v) is 7.25. The van der Waals surface area contributed by atoms with Gasteiger partial charge < -0.3 is 0 Å². The van der Waals surface area contributed by atoms with Crippen LogP contribution in [0.4, 0.5) is 0 Å². The van der Waals surface area contributed by atoms with E-state index in [0.717, 1.165) is 14.7 Å². The molecule has 0 aliphatic carbocycles. The maximum Gasteiger partial charge on any atom is 0.250 e. The quantitative estimate of drug-likeness (QED) is 0.824. The molecule has 1 N–H and O–H groups in total. The minimum atomic E-state index is -3.38. The zero-order valence-electron chi connectivity index (χ0n) is 9.88. The van der Waals surface area contributed by atoms with Crippen molar-refractivity contribution < 1.29 is 8.42 Å². The van der Waals surface area contributed by atoms with Crippen molar-refractivity contribution in [2.45, 2.75) is 31.4 Å². The Balaban J connectivity index is 2.70. The van der Waals surface area contributed by atoms with E-state index in [1.54, 1.807) is 6.07 Å². The summed E-state index contributed by atoms with van der Waals surface area (Å²) < 4.78 is 28.4. The van der Waals surface area contributed by atoms with Gasteiger partial charge in [0.2, 0.25) is 10.0 Å². The lowest BCUT2D eigenvalue weighted by Gasteiger charge is -2.17. The molecule has 0 aliphatic rings. The molecule has 0 radical (unpaired) electrons. The highest BCUT2D eigenvalue weighted by atomic mass is 79.9. The average molecular weight is 405 g/mol. The number of halogens is 2. The molecule has 1 rings (SSSR count). The fourth-order valence-corrected chi connectivity index (χ4v) is 4.99. The fourth-order valence-electron chi connectivity index (χ4n) is 1.09. The van der Waals surface area contributed by atoms with Crippen LogP contribution in [0.25, 0.3) is 0 Å². The van der Waals surface area contributed by atoms with Gasteiger partial charge in [0.25, 0.3) is 0 Å². The highest BCUT2D eigenvalue weighted by Gasteiger charge is 2.19. The fraction of sp³-hybridized carbons (Fsp3) is 0.600. The molecule has 1 aromatic heterocycles. The Morgan fingerprint density at radius 1 is 1.35 bits per heavy atom. The second-order valence-corrected chi connectivity index (χ2v) is 10.1. The molecule has 1 aromatic rings. The van der Waals surface area contributed by atoms with E-state index in [1.807, 2.05) is 0 Å². The van der Waals surface area contributed by atoms with Gasteiger partial charge in [0.05, 0.1) is 3.79 Å². The van der Waals surface area contributed by atoms with Crippen LogP contribution in [-0.4, -0.2) is 15.0 Å². The number of thiophene rings is 1. The molecule has 0 atom stereocenters. The van der Waals surface area contributed by atoms with E-state index in [4.69, 9.17) is 0 Å². The van der Waals surface area contributed by atoms with Crippen LogP contribution >= 0.6 is 43.2 Å². The molecule has 0 amide bonds. The SMILES string of the molecule is CC(C)(C)CCNS(=O)(=O)c1cc(Br)c(Br)s1. The van der Waals surface area contributed by atoms with Crippen LogP contribution in [0.5, 0.6) is 0 Å². The average Bonchev–Trinajstić information content (AvgIpc) is 2.45. The Hall–Kier alpha value is 0.570. The van der Waals surface area contributed by atoms with E-state index in [2.05, 4.69) is 57.4 Å².